The topological polar surface area (TPSA) is 92.1 Å². The van der Waals surface area contributed by atoms with Crippen LogP contribution in [0.2, 0.25) is 0 Å². The Morgan fingerprint density at radius 1 is 1.50 bits per heavy atom. The molecule has 1 aliphatic rings. The Kier molecular flexibility index (Phi) is 4.80. The normalized spacial score (nSPS) is 23.2. The lowest BCUT2D eigenvalue weighted by molar-refractivity contribution is 0.121. The fourth-order valence-corrected chi connectivity index (χ4v) is 3.13. The molecule has 1 saturated carbocycles. The van der Waals surface area contributed by atoms with Gasteiger partial charge < -0.3 is 15.7 Å². The van der Waals surface area contributed by atoms with Crippen LogP contribution in [0.1, 0.15) is 31.7 Å². The van der Waals surface area contributed by atoms with Crippen molar-refractivity contribution in [3.05, 3.63) is 42.6 Å². The number of aromatic nitrogens is 3. The number of pyridine rings is 1. The van der Waals surface area contributed by atoms with E-state index in [1.54, 1.807) is 18.7 Å². The second-order valence-electron chi connectivity index (χ2n) is 6.58. The molecule has 7 heteroatoms. The van der Waals surface area contributed by atoms with Crippen molar-refractivity contribution in [2.24, 2.45) is 5.41 Å². The highest BCUT2D eigenvalue weighted by atomic mass is 16.3. The number of nitrogens with one attached hydrogen (secondary N) is 2. The Bertz CT molecular complexity index is 671. The van der Waals surface area contributed by atoms with Crippen molar-refractivity contribution >= 4 is 6.03 Å². The van der Waals surface area contributed by atoms with Crippen molar-refractivity contribution in [1.29, 1.82) is 0 Å². The first-order valence-corrected chi connectivity index (χ1v) is 8.19. The van der Waals surface area contributed by atoms with Crippen LogP contribution in [0.15, 0.2) is 37.1 Å². The van der Waals surface area contributed by atoms with E-state index in [1.165, 1.54) is 0 Å². The van der Waals surface area contributed by atoms with Crippen LogP contribution in [0.25, 0.3) is 5.82 Å². The Morgan fingerprint density at radius 3 is 3.04 bits per heavy atom. The van der Waals surface area contributed by atoms with Gasteiger partial charge in [0.25, 0.3) is 0 Å². The molecule has 2 unspecified atom stereocenters. The van der Waals surface area contributed by atoms with E-state index in [0.29, 0.717) is 6.54 Å². The molecule has 3 rings (SSSR count). The van der Waals surface area contributed by atoms with Gasteiger partial charge in [-0.1, -0.05) is 19.4 Å². The summed E-state index contributed by atoms with van der Waals surface area (Å²) in [5.74, 6) is 0.783. The highest BCUT2D eigenvalue weighted by Crippen LogP contribution is 2.37. The minimum atomic E-state index is -0.217. The maximum absolute atomic E-state index is 12.1. The molecule has 2 aromatic rings. The number of amides is 2. The van der Waals surface area contributed by atoms with Gasteiger partial charge in [0.2, 0.25) is 0 Å². The van der Waals surface area contributed by atoms with Crippen molar-refractivity contribution in [2.45, 2.75) is 38.8 Å². The van der Waals surface area contributed by atoms with Crippen LogP contribution >= 0.6 is 0 Å². The molecule has 0 bridgehead atoms. The summed E-state index contributed by atoms with van der Waals surface area (Å²) in [6, 6.07) is 3.62. The molecule has 0 spiro atoms. The molecule has 3 N–H and O–H groups in total. The van der Waals surface area contributed by atoms with Crippen LogP contribution in [0.4, 0.5) is 4.79 Å². The van der Waals surface area contributed by atoms with E-state index >= 15 is 0 Å². The van der Waals surface area contributed by atoms with Gasteiger partial charge in [0, 0.05) is 36.6 Å². The first kappa shape index (κ1) is 16.4. The summed E-state index contributed by atoms with van der Waals surface area (Å²) in [4.78, 5) is 20.4. The van der Waals surface area contributed by atoms with Crippen molar-refractivity contribution in [2.75, 3.05) is 6.61 Å². The van der Waals surface area contributed by atoms with Gasteiger partial charge in [-0.3, -0.25) is 4.57 Å². The minimum Gasteiger partial charge on any atom is -0.396 e. The molecule has 0 radical (unpaired) electrons. The Labute approximate surface area is 141 Å². The van der Waals surface area contributed by atoms with Gasteiger partial charge in [0.05, 0.1) is 6.61 Å². The predicted molar refractivity (Wildman–Crippen MR) is 89.6 cm³/mol. The van der Waals surface area contributed by atoms with Gasteiger partial charge in [-0.25, -0.2) is 14.8 Å². The SMILES string of the molecule is CC1(CO)CCCC1NC(=O)NCc1ccc(-n2ccnc2)nc1. The first-order valence-electron chi connectivity index (χ1n) is 8.19. The van der Waals surface area contributed by atoms with E-state index in [0.717, 1.165) is 30.6 Å². The molecular formula is C17H23N5O2. The molecular weight excluding hydrogens is 306 g/mol. The fourth-order valence-electron chi connectivity index (χ4n) is 3.13. The third kappa shape index (κ3) is 3.56. The number of urea groups is 1. The van der Waals surface area contributed by atoms with Gasteiger partial charge in [0.15, 0.2) is 0 Å². The van der Waals surface area contributed by atoms with Crippen LogP contribution in [0.3, 0.4) is 0 Å². The molecule has 2 aromatic heterocycles. The second-order valence-corrected chi connectivity index (χ2v) is 6.58. The van der Waals surface area contributed by atoms with E-state index < -0.39 is 0 Å². The largest absolute Gasteiger partial charge is 0.396 e. The van der Waals surface area contributed by atoms with Crippen LogP contribution in [0, 0.1) is 5.41 Å². The molecule has 7 nitrogen and oxygen atoms in total. The van der Waals surface area contributed by atoms with E-state index in [4.69, 9.17) is 0 Å². The Hall–Kier alpha value is -2.41. The summed E-state index contributed by atoms with van der Waals surface area (Å²) in [7, 11) is 0. The van der Waals surface area contributed by atoms with Crippen molar-refractivity contribution in [3.63, 3.8) is 0 Å². The third-order valence-electron chi connectivity index (χ3n) is 4.78. The molecule has 0 saturated heterocycles. The molecule has 2 atom stereocenters. The van der Waals surface area contributed by atoms with Crippen molar-refractivity contribution < 1.29 is 9.90 Å². The molecule has 0 aromatic carbocycles. The van der Waals surface area contributed by atoms with Gasteiger partial charge in [-0.2, -0.15) is 0 Å². The zero-order valence-corrected chi connectivity index (χ0v) is 13.8. The molecule has 2 heterocycles. The smallest absolute Gasteiger partial charge is 0.315 e. The lowest BCUT2D eigenvalue weighted by atomic mass is 9.86. The van der Waals surface area contributed by atoms with Crippen LogP contribution < -0.4 is 10.6 Å². The summed E-state index contributed by atoms with van der Waals surface area (Å²) >= 11 is 0. The molecule has 2 amide bonds. The monoisotopic (exact) mass is 329 g/mol. The maximum atomic E-state index is 12.1. The average molecular weight is 329 g/mol. The molecule has 1 fully saturated rings. The van der Waals surface area contributed by atoms with Gasteiger partial charge in [0.1, 0.15) is 12.1 Å². The first-order chi connectivity index (χ1) is 11.6. The predicted octanol–water partition coefficient (Wildman–Crippen LogP) is 1.62. The number of hydrogen-bond acceptors (Lipinski definition) is 4. The van der Waals surface area contributed by atoms with E-state index in [9.17, 15) is 9.90 Å². The standard InChI is InChI=1S/C17H23N5O2/c1-17(11-23)6-2-3-14(17)21-16(24)20-10-13-4-5-15(19-9-13)22-8-7-18-12-22/h4-5,7-9,12,14,23H,2-3,6,10-11H2,1H3,(H2,20,21,24). The number of aliphatic hydroxyl groups excluding tert-OH is 1. The van der Waals surface area contributed by atoms with Gasteiger partial charge >= 0.3 is 6.03 Å². The minimum absolute atomic E-state index is 0.0178. The van der Waals surface area contributed by atoms with E-state index in [-0.39, 0.29) is 24.1 Å². The zero-order chi connectivity index (χ0) is 17.0. The second kappa shape index (κ2) is 7.00. The number of imidazole rings is 1. The number of aliphatic hydroxyl groups is 1. The quantitative estimate of drug-likeness (QED) is 0.777. The Morgan fingerprint density at radius 2 is 2.38 bits per heavy atom. The number of hydrogen-bond donors (Lipinski definition) is 3. The Balaban J connectivity index is 1.51. The highest BCUT2D eigenvalue weighted by molar-refractivity contribution is 5.74. The zero-order valence-electron chi connectivity index (χ0n) is 13.8. The van der Waals surface area contributed by atoms with Gasteiger partial charge in [-0.05, 0) is 24.5 Å². The molecule has 24 heavy (non-hydrogen) atoms. The number of nitrogens with zero attached hydrogens (tertiary/aromatic N) is 3. The van der Waals surface area contributed by atoms with Crippen molar-refractivity contribution in [1.82, 2.24) is 25.2 Å². The van der Waals surface area contributed by atoms with E-state index in [2.05, 4.69) is 20.6 Å². The summed E-state index contributed by atoms with van der Waals surface area (Å²) in [6.07, 6.45) is 9.83. The maximum Gasteiger partial charge on any atom is 0.315 e. The molecule has 128 valence electrons. The lowest BCUT2D eigenvalue weighted by Gasteiger charge is -2.30. The summed E-state index contributed by atoms with van der Waals surface area (Å²) in [5.41, 5.74) is 0.705. The average Bonchev–Trinajstić information content (AvgIpc) is 3.25. The van der Waals surface area contributed by atoms with Crippen LogP contribution in [-0.2, 0) is 6.54 Å². The van der Waals surface area contributed by atoms with Crippen molar-refractivity contribution in [3.8, 4) is 5.82 Å². The molecule has 0 aliphatic heterocycles. The fraction of sp³-hybridized carbons (Fsp3) is 0.471. The van der Waals surface area contributed by atoms with Crippen LogP contribution in [-0.4, -0.2) is 38.3 Å². The summed E-state index contributed by atoms with van der Waals surface area (Å²) in [5, 5.41) is 15.4. The number of carbonyl (C=O) groups excluding carboxylic acids is 1. The summed E-state index contributed by atoms with van der Waals surface area (Å²) < 4.78 is 1.82. The van der Waals surface area contributed by atoms with E-state index in [1.807, 2.05) is 29.8 Å². The lowest BCUT2D eigenvalue weighted by Crippen LogP contribution is -2.48. The third-order valence-corrected chi connectivity index (χ3v) is 4.78. The van der Waals surface area contributed by atoms with Gasteiger partial charge in [-0.15, -0.1) is 0 Å². The van der Waals surface area contributed by atoms with Crippen LogP contribution in [0.5, 0.6) is 0 Å². The summed E-state index contributed by atoms with van der Waals surface area (Å²) in [6.45, 7) is 2.52. The molecule has 1 aliphatic carbocycles. The number of carbonyl (C=O) groups is 1. The number of rotatable bonds is 5. The highest BCUT2D eigenvalue weighted by Gasteiger charge is 2.39.